The van der Waals surface area contributed by atoms with E-state index in [0.717, 1.165) is 0 Å². The number of fused-ring (bicyclic) bond motifs is 8. The summed E-state index contributed by atoms with van der Waals surface area (Å²) in [6.07, 6.45) is 0. The standard InChI is InChI=1S/C43H30/c1-43(2)37-25-29(27-13-5-3-6-14-27)21-23-31(37)32-24-22-30(26-38(32)43)40-34-18-10-12-20-36(34)41-39(28-15-7-4-8-16-28)33-17-9-11-19-35(33)42(40)41/h3-26H,1-2H3. The first kappa shape index (κ1) is 24.4. The molecule has 0 saturated heterocycles. The molecule has 0 aliphatic heterocycles. The quantitative estimate of drug-likeness (QED) is 0.207. The molecule has 0 heterocycles. The van der Waals surface area contributed by atoms with Crippen LogP contribution in [0.2, 0.25) is 0 Å². The van der Waals surface area contributed by atoms with Gasteiger partial charge in [-0.3, -0.25) is 0 Å². The number of allylic oxidation sites excluding steroid dienone is 2. The summed E-state index contributed by atoms with van der Waals surface area (Å²) in [6.45, 7) is 4.78. The van der Waals surface area contributed by atoms with Crippen molar-refractivity contribution in [2.45, 2.75) is 19.3 Å². The molecule has 0 nitrogen and oxygen atoms in total. The summed E-state index contributed by atoms with van der Waals surface area (Å²) in [6, 6.07) is 53.9. The van der Waals surface area contributed by atoms with Crippen molar-refractivity contribution in [3.8, 4) is 22.3 Å². The fourth-order valence-electron chi connectivity index (χ4n) is 7.80. The lowest BCUT2D eigenvalue weighted by Crippen LogP contribution is -2.15. The van der Waals surface area contributed by atoms with Crippen LogP contribution in [0.1, 0.15) is 58.4 Å². The van der Waals surface area contributed by atoms with E-state index in [4.69, 9.17) is 0 Å². The van der Waals surface area contributed by atoms with Gasteiger partial charge in [0.1, 0.15) is 0 Å². The van der Waals surface area contributed by atoms with Crippen molar-refractivity contribution in [3.05, 3.63) is 190 Å². The van der Waals surface area contributed by atoms with Crippen molar-refractivity contribution in [3.63, 3.8) is 0 Å². The lowest BCUT2D eigenvalue weighted by Gasteiger charge is -2.23. The minimum atomic E-state index is -0.101. The molecule has 0 aromatic heterocycles. The van der Waals surface area contributed by atoms with Gasteiger partial charge < -0.3 is 0 Å². The Morgan fingerprint density at radius 2 is 0.698 bits per heavy atom. The first-order valence-electron chi connectivity index (χ1n) is 15.2. The molecule has 6 aromatic carbocycles. The van der Waals surface area contributed by atoms with E-state index in [1.54, 1.807) is 0 Å². The van der Waals surface area contributed by atoms with E-state index >= 15 is 0 Å². The van der Waals surface area contributed by atoms with E-state index in [-0.39, 0.29) is 5.41 Å². The van der Waals surface area contributed by atoms with Gasteiger partial charge in [-0.15, -0.1) is 0 Å². The summed E-state index contributed by atoms with van der Waals surface area (Å²) >= 11 is 0. The van der Waals surface area contributed by atoms with Crippen LogP contribution in [-0.2, 0) is 5.41 Å². The molecule has 0 atom stereocenters. The molecule has 3 aliphatic carbocycles. The first-order valence-corrected chi connectivity index (χ1v) is 15.2. The number of hydrogen-bond donors (Lipinski definition) is 0. The Labute approximate surface area is 253 Å². The van der Waals surface area contributed by atoms with Crippen LogP contribution in [0, 0.1) is 0 Å². The summed E-state index contributed by atoms with van der Waals surface area (Å²) in [5.41, 5.74) is 21.3. The maximum atomic E-state index is 2.49. The van der Waals surface area contributed by atoms with Crippen molar-refractivity contribution < 1.29 is 0 Å². The van der Waals surface area contributed by atoms with Crippen LogP contribution in [0.15, 0.2) is 146 Å². The summed E-state index contributed by atoms with van der Waals surface area (Å²) in [4.78, 5) is 0. The number of rotatable bonds is 3. The SMILES string of the molecule is CC1(C)c2cc(C3=C4C(=C(c5ccccc5)c5ccccc54)c4ccccc43)ccc2-c2ccc(-c3ccccc3)cc21. The van der Waals surface area contributed by atoms with Crippen LogP contribution in [0.25, 0.3) is 44.5 Å². The predicted octanol–water partition coefficient (Wildman–Crippen LogP) is 10.9. The molecule has 3 aliphatic rings. The van der Waals surface area contributed by atoms with Gasteiger partial charge in [-0.05, 0) is 101 Å². The molecule has 0 saturated carbocycles. The third-order valence-corrected chi connectivity index (χ3v) is 9.82. The zero-order chi connectivity index (χ0) is 28.7. The molecule has 0 heteroatoms. The normalized spacial score (nSPS) is 15.2. The molecule has 9 rings (SSSR count). The minimum Gasteiger partial charge on any atom is -0.0622 e. The van der Waals surface area contributed by atoms with Crippen molar-refractivity contribution in [2.75, 3.05) is 0 Å². The van der Waals surface area contributed by atoms with Crippen LogP contribution in [-0.4, -0.2) is 0 Å². The topological polar surface area (TPSA) is 0 Å². The number of hydrogen-bond acceptors (Lipinski definition) is 0. The lowest BCUT2D eigenvalue weighted by molar-refractivity contribution is 0.660. The van der Waals surface area contributed by atoms with Gasteiger partial charge in [-0.1, -0.05) is 147 Å². The largest absolute Gasteiger partial charge is 0.0622 e. The van der Waals surface area contributed by atoms with Crippen molar-refractivity contribution >= 4 is 22.3 Å². The van der Waals surface area contributed by atoms with Gasteiger partial charge in [-0.2, -0.15) is 0 Å². The van der Waals surface area contributed by atoms with Crippen molar-refractivity contribution in [1.82, 2.24) is 0 Å². The second-order valence-electron chi connectivity index (χ2n) is 12.5. The third kappa shape index (κ3) is 3.38. The fraction of sp³-hybridized carbons (Fsp3) is 0.0698. The highest BCUT2D eigenvalue weighted by molar-refractivity contribution is 6.35. The molecule has 0 bridgehead atoms. The van der Waals surface area contributed by atoms with Gasteiger partial charge in [0.05, 0.1) is 0 Å². The van der Waals surface area contributed by atoms with Crippen molar-refractivity contribution in [1.29, 1.82) is 0 Å². The van der Waals surface area contributed by atoms with Crippen molar-refractivity contribution in [2.24, 2.45) is 0 Å². The van der Waals surface area contributed by atoms with E-state index in [0.29, 0.717) is 0 Å². The Morgan fingerprint density at radius 1 is 0.302 bits per heavy atom. The van der Waals surface area contributed by atoms with Crippen LogP contribution >= 0.6 is 0 Å². The van der Waals surface area contributed by atoms with E-state index < -0.39 is 0 Å². The van der Waals surface area contributed by atoms with E-state index in [1.165, 1.54) is 89.1 Å². The predicted molar refractivity (Wildman–Crippen MR) is 181 cm³/mol. The second-order valence-corrected chi connectivity index (χ2v) is 12.5. The van der Waals surface area contributed by atoms with Gasteiger partial charge in [0, 0.05) is 5.41 Å². The zero-order valence-electron chi connectivity index (χ0n) is 24.4. The molecular formula is C43H30. The molecule has 43 heavy (non-hydrogen) atoms. The summed E-state index contributed by atoms with van der Waals surface area (Å²) < 4.78 is 0. The number of benzene rings is 6. The van der Waals surface area contributed by atoms with Crippen LogP contribution in [0.4, 0.5) is 0 Å². The molecule has 0 fully saturated rings. The zero-order valence-corrected chi connectivity index (χ0v) is 24.4. The van der Waals surface area contributed by atoms with Crippen LogP contribution < -0.4 is 0 Å². The highest BCUT2D eigenvalue weighted by Gasteiger charge is 2.39. The van der Waals surface area contributed by atoms with Gasteiger partial charge in [0.2, 0.25) is 0 Å². The van der Waals surface area contributed by atoms with Crippen LogP contribution in [0.3, 0.4) is 0 Å². The van der Waals surface area contributed by atoms with Gasteiger partial charge in [0.25, 0.3) is 0 Å². The summed E-state index contributed by atoms with van der Waals surface area (Å²) in [5, 5.41) is 0. The lowest BCUT2D eigenvalue weighted by atomic mass is 9.80. The van der Waals surface area contributed by atoms with E-state index in [9.17, 15) is 0 Å². The van der Waals surface area contributed by atoms with E-state index in [2.05, 4.69) is 159 Å². The third-order valence-electron chi connectivity index (χ3n) is 9.82. The highest BCUT2D eigenvalue weighted by Crippen LogP contribution is 2.59. The Balaban J connectivity index is 1.27. The molecular weight excluding hydrogens is 516 g/mol. The Hall–Kier alpha value is -5.20. The molecule has 6 aromatic rings. The summed E-state index contributed by atoms with van der Waals surface area (Å²) in [7, 11) is 0. The average molecular weight is 547 g/mol. The summed E-state index contributed by atoms with van der Waals surface area (Å²) in [5.74, 6) is 0. The smallest absolute Gasteiger partial charge is 0.0159 e. The maximum absolute atomic E-state index is 2.49. The maximum Gasteiger partial charge on any atom is 0.0159 e. The Bertz CT molecular complexity index is 2170. The van der Waals surface area contributed by atoms with Gasteiger partial charge >= 0.3 is 0 Å². The average Bonchev–Trinajstić information content (AvgIpc) is 3.65. The van der Waals surface area contributed by atoms with Gasteiger partial charge in [0.15, 0.2) is 0 Å². The Morgan fingerprint density at radius 3 is 1.23 bits per heavy atom. The monoisotopic (exact) mass is 546 g/mol. The second kappa shape index (κ2) is 8.90. The minimum absolute atomic E-state index is 0.101. The first-order chi connectivity index (χ1) is 21.1. The molecule has 0 unspecified atom stereocenters. The van der Waals surface area contributed by atoms with Crippen LogP contribution in [0.5, 0.6) is 0 Å². The molecule has 0 radical (unpaired) electrons. The molecule has 0 spiro atoms. The Kier molecular flexibility index (Phi) is 5.05. The van der Waals surface area contributed by atoms with E-state index in [1.807, 2.05) is 0 Å². The molecule has 0 N–H and O–H groups in total. The van der Waals surface area contributed by atoms with Gasteiger partial charge in [-0.25, -0.2) is 0 Å². The molecule has 202 valence electrons. The fourth-order valence-corrected chi connectivity index (χ4v) is 7.80. The highest BCUT2D eigenvalue weighted by atomic mass is 14.4. The molecule has 0 amide bonds.